The second-order valence-electron chi connectivity index (χ2n) is 5.76. The monoisotopic (exact) mass is 352 g/mol. The van der Waals surface area contributed by atoms with Crippen molar-refractivity contribution >= 4 is 33.6 Å². The molecule has 0 heterocycles. The Hall–Kier alpha value is -1.56. The molecule has 2 saturated carbocycles. The topological polar surface area (TPSA) is 69.6 Å². The summed E-state index contributed by atoms with van der Waals surface area (Å²) in [5, 5.41) is 11.8. The molecule has 112 valence electrons. The molecule has 0 radical (unpaired) electrons. The number of hydrogen-bond acceptors (Lipinski definition) is 2. The van der Waals surface area contributed by atoms with Crippen molar-refractivity contribution < 1.29 is 14.7 Å². The Balaban J connectivity index is 1.69. The maximum Gasteiger partial charge on any atom is 0.335 e. The lowest BCUT2D eigenvalue weighted by Gasteiger charge is -2.23. The van der Waals surface area contributed by atoms with Gasteiger partial charge >= 0.3 is 12.0 Å². The highest BCUT2D eigenvalue weighted by Gasteiger charge is 2.36. The predicted octanol–water partition coefficient (Wildman–Crippen LogP) is 3.55. The molecule has 0 bridgehead atoms. The molecule has 0 aliphatic heterocycles. The largest absolute Gasteiger partial charge is 0.478 e. The van der Waals surface area contributed by atoms with E-state index in [2.05, 4.69) is 21.2 Å². The summed E-state index contributed by atoms with van der Waals surface area (Å²) in [6.07, 6.45) is 4.60. The Morgan fingerprint density at radius 1 is 1.29 bits per heavy atom. The van der Waals surface area contributed by atoms with Gasteiger partial charge in [-0.3, -0.25) is 0 Å². The molecule has 2 N–H and O–H groups in total. The SMILES string of the molecule is O=C(O)c1ccc(NC(=O)N(CC2CC2)C2CC2)c(Br)c1. The molecule has 0 saturated heterocycles. The van der Waals surface area contributed by atoms with Crippen molar-refractivity contribution in [3.8, 4) is 0 Å². The minimum atomic E-state index is -0.984. The highest BCUT2D eigenvalue weighted by Crippen LogP contribution is 2.35. The number of halogens is 1. The van der Waals surface area contributed by atoms with Crippen LogP contribution in [0.25, 0.3) is 0 Å². The van der Waals surface area contributed by atoms with Gasteiger partial charge in [0.25, 0.3) is 0 Å². The lowest BCUT2D eigenvalue weighted by Crippen LogP contribution is -2.38. The number of carbonyl (C=O) groups excluding carboxylic acids is 1. The van der Waals surface area contributed by atoms with Gasteiger partial charge in [0.1, 0.15) is 0 Å². The van der Waals surface area contributed by atoms with E-state index in [0.717, 1.165) is 19.4 Å². The van der Waals surface area contributed by atoms with Crippen LogP contribution in [-0.2, 0) is 0 Å². The molecule has 2 fully saturated rings. The van der Waals surface area contributed by atoms with Crippen LogP contribution in [0.2, 0.25) is 0 Å². The third kappa shape index (κ3) is 3.56. The quantitative estimate of drug-likeness (QED) is 0.851. The predicted molar refractivity (Wildman–Crippen MR) is 82.6 cm³/mol. The van der Waals surface area contributed by atoms with Gasteiger partial charge in [-0.25, -0.2) is 9.59 Å². The highest BCUT2D eigenvalue weighted by atomic mass is 79.9. The van der Waals surface area contributed by atoms with Gasteiger partial charge in [0.15, 0.2) is 0 Å². The molecule has 2 aliphatic rings. The molecule has 1 aromatic rings. The van der Waals surface area contributed by atoms with Crippen molar-refractivity contribution in [2.24, 2.45) is 5.92 Å². The number of amides is 2. The molecule has 2 amide bonds. The van der Waals surface area contributed by atoms with Crippen LogP contribution in [-0.4, -0.2) is 34.6 Å². The van der Waals surface area contributed by atoms with Crippen molar-refractivity contribution in [1.29, 1.82) is 0 Å². The maximum absolute atomic E-state index is 12.4. The fraction of sp³-hybridized carbons (Fsp3) is 0.467. The zero-order valence-corrected chi connectivity index (χ0v) is 13.1. The van der Waals surface area contributed by atoms with Crippen LogP contribution in [0.5, 0.6) is 0 Å². The Morgan fingerprint density at radius 3 is 2.52 bits per heavy atom. The molecule has 1 aromatic carbocycles. The van der Waals surface area contributed by atoms with Crippen molar-refractivity contribution in [3.05, 3.63) is 28.2 Å². The summed E-state index contributed by atoms with van der Waals surface area (Å²) in [5.41, 5.74) is 0.795. The first-order chi connectivity index (χ1) is 10.0. The van der Waals surface area contributed by atoms with Gasteiger partial charge in [0, 0.05) is 17.1 Å². The summed E-state index contributed by atoms with van der Waals surface area (Å²) in [7, 11) is 0. The molecular weight excluding hydrogens is 336 g/mol. The Bertz CT molecular complexity index is 582. The first-order valence-electron chi connectivity index (χ1n) is 7.15. The van der Waals surface area contributed by atoms with Gasteiger partial charge in [-0.2, -0.15) is 0 Å². The molecule has 3 rings (SSSR count). The maximum atomic E-state index is 12.4. The van der Waals surface area contributed by atoms with Gasteiger partial charge in [0.2, 0.25) is 0 Å². The second-order valence-corrected chi connectivity index (χ2v) is 6.61. The number of carboxylic acids is 1. The third-order valence-electron chi connectivity index (χ3n) is 3.86. The van der Waals surface area contributed by atoms with E-state index >= 15 is 0 Å². The number of carbonyl (C=O) groups is 2. The molecule has 0 unspecified atom stereocenters. The first kappa shape index (κ1) is 14.4. The summed E-state index contributed by atoms with van der Waals surface area (Å²) >= 11 is 3.31. The second kappa shape index (κ2) is 5.67. The molecular formula is C15H17BrN2O3. The number of rotatable bonds is 5. The molecule has 5 nitrogen and oxygen atoms in total. The average Bonchev–Trinajstić information content (AvgIpc) is 3.31. The number of hydrogen-bond donors (Lipinski definition) is 2. The lowest BCUT2D eigenvalue weighted by atomic mass is 10.2. The van der Waals surface area contributed by atoms with Crippen LogP contribution in [0, 0.1) is 5.92 Å². The van der Waals surface area contributed by atoms with E-state index in [9.17, 15) is 9.59 Å². The van der Waals surface area contributed by atoms with E-state index in [4.69, 9.17) is 5.11 Å². The van der Waals surface area contributed by atoms with Crippen LogP contribution in [0.1, 0.15) is 36.0 Å². The van der Waals surface area contributed by atoms with E-state index in [-0.39, 0.29) is 11.6 Å². The molecule has 2 aliphatic carbocycles. The smallest absolute Gasteiger partial charge is 0.335 e. The molecule has 0 aromatic heterocycles. The zero-order chi connectivity index (χ0) is 15.0. The summed E-state index contributed by atoms with van der Waals surface area (Å²) in [5.74, 6) is -0.323. The number of carboxylic acid groups (broad SMARTS) is 1. The van der Waals surface area contributed by atoms with Crippen LogP contribution in [0.15, 0.2) is 22.7 Å². The van der Waals surface area contributed by atoms with Crippen molar-refractivity contribution in [3.63, 3.8) is 0 Å². The lowest BCUT2D eigenvalue weighted by molar-refractivity contribution is 0.0697. The minimum Gasteiger partial charge on any atom is -0.478 e. The number of aromatic carboxylic acids is 1. The Morgan fingerprint density at radius 2 is 2.00 bits per heavy atom. The van der Waals surface area contributed by atoms with Gasteiger partial charge in [-0.05, 0) is 65.7 Å². The number of nitrogens with one attached hydrogen (secondary N) is 1. The van der Waals surface area contributed by atoms with Crippen LogP contribution in [0.3, 0.4) is 0 Å². The standard InChI is InChI=1S/C15H17BrN2O3/c16-12-7-10(14(19)20)3-6-13(12)17-15(21)18(11-4-5-11)8-9-1-2-9/h3,6-7,9,11H,1-2,4-5,8H2,(H,17,21)(H,19,20). The Kier molecular flexibility index (Phi) is 3.89. The number of urea groups is 1. The molecule has 0 atom stereocenters. The molecule has 21 heavy (non-hydrogen) atoms. The van der Waals surface area contributed by atoms with Crippen LogP contribution >= 0.6 is 15.9 Å². The van der Waals surface area contributed by atoms with Crippen LogP contribution in [0.4, 0.5) is 10.5 Å². The van der Waals surface area contributed by atoms with Gasteiger partial charge in [-0.1, -0.05) is 0 Å². The average molecular weight is 353 g/mol. The van der Waals surface area contributed by atoms with E-state index in [1.165, 1.54) is 25.0 Å². The number of benzene rings is 1. The fourth-order valence-electron chi connectivity index (χ4n) is 2.30. The van der Waals surface area contributed by atoms with Crippen molar-refractivity contribution in [2.75, 3.05) is 11.9 Å². The minimum absolute atomic E-state index is 0.0897. The van der Waals surface area contributed by atoms with E-state index in [1.54, 1.807) is 6.07 Å². The molecule has 6 heteroatoms. The van der Waals surface area contributed by atoms with Crippen molar-refractivity contribution in [2.45, 2.75) is 31.7 Å². The Labute approximate surface area is 131 Å². The van der Waals surface area contributed by atoms with Crippen molar-refractivity contribution in [1.82, 2.24) is 4.90 Å². The summed E-state index contributed by atoms with van der Waals surface area (Å²) in [6.45, 7) is 0.835. The third-order valence-corrected chi connectivity index (χ3v) is 4.51. The van der Waals surface area contributed by atoms with E-state index in [1.807, 2.05) is 4.90 Å². The summed E-state index contributed by atoms with van der Waals surface area (Å²) in [6, 6.07) is 4.90. The number of anilines is 1. The van der Waals surface area contributed by atoms with Gasteiger partial charge in [-0.15, -0.1) is 0 Å². The fourth-order valence-corrected chi connectivity index (χ4v) is 2.78. The van der Waals surface area contributed by atoms with Gasteiger partial charge < -0.3 is 15.3 Å². The normalized spacial score (nSPS) is 17.4. The number of nitrogens with zero attached hydrogens (tertiary/aromatic N) is 1. The van der Waals surface area contributed by atoms with E-state index in [0.29, 0.717) is 22.1 Å². The van der Waals surface area contributed by atoms with Crippen LogP contribution < -0.4 is 5.32 Å². The molecule has 0 spiro atoms. The first-order valence-corrected chi connectivity index (χ1v) is 7.94. The zero-order valence-electron chi connectivity index (χ0n) is 11.5. The van der Waals surface area contributed by atoms with Gasteiger partial charge in [0.05, 0.1) is 11.3 Å². The highest BCUT2D eigenvalue weighted by molar-refractivity contribution is 9.10. The van der Waals surface area contributed by atoms with E-state index < -0.39 is 5.97 Å². The summed E-state index contributed by atoms with van der Waals surface area (Å²) in [4.78, 5) is 25.2. The summed E-state index contributed by atoms with van der Waals surface area (Å²) < 4.78 is 0.581.